The van der Waals surface area contributed by atoms with Gasteiger partial charge in [-0.25, -0.2) is 4.79 Å². The van der Waals surface area contributed by atoms with E-state index in [4.69, 9.17) is 9.84 Å². The second kappa shape index (κ2) is 7.08. The van der Waals surface area contributed by atoms with E-state index in [-0.39, 0.29) is 0 Å². The fourth-order valence-corrected chi connectivity index (χ4v) is 1.88. The molecule has 22 heavy (non-hydrogen) atoms. The number of carboxylic acid groups (broad SMARTS) is 1. The number of fused-ring (bicyclic) bond motifs is 1. The zero-order chi connectivity index (χ0) is 15.9. The van der Waals surface area contributed by atoms with Gasteiger partial charge in [-0.15, -0.1) is 0 Å². The first kappa shape index (κ1) is 15.3. The molecule has 0 aliphatic rings. The number of carbonyl (C=O) groups excluding carboxylic acids is 1. The minimum atomic E-state index is -1.17. The molecule has 0 aliphatic carbocycles. The fourth-order valence-electron chi connectivity index (χ4n) is 1.88. The third kappa shape index (κ3) is 4.21. The number of carboxylic acids is 1. The number of anilines is 1. The molecule has 0 saturated carbocycles. The van der Waals surface area contributed by atoms with Crippen LogP contribution in [-0.4, -0.2) is 23.6 Å². The first-order valence-electron chi connectivity index (χ1n) is 6.58. The molecule has 0 bridgehead atoms. The van der Waals surface area contributed by atoms with E-state index in [0.29, 0.717) is 18.0 Å². The number of carbonyl (C=O) groups is 2. The van der Waals surface area contributed by atoms with E-state index in [2.05, 4.69) is 11.9 Å². The molecule has 0 aliphatic heterocycles. The highest BCUT2D eigenvalue weighted by atomic mass is 16.5. The minimum Gasteiger partial charge on any atom is -0.490 e. The van der Waals surface area contributed by atoms with Gasteiger partial charge in [-0.2, -0.15) is 0 Å². The summed E-state index contributed by atoms with van der Waals surface area (Å²) >= 11 is 0. The molecule has 0 atom stereocenters. The lowest BCUT2D eigenvalue weighted by molar-refractivity contribution is -0.131. The molecule has 2 aromatic rings. The lowest BCUT2D eigenvalue weighted by Crippen LogP contribution is -2.08. The Labute approximate surface area is 127 Å². The van der Waals surface area contributed by atoms with Crippen molar-refractivity contribution in [3.05, 3.63) is 61.2 Å². The molecule has 1 amide bonds. The summed E-state index contributed by atoms with van der Waals surface area (Å²) in [4.78, 5) is 21.9. The van der Waals surface area contributed by atoms with Gasteiger partial charge in [-0.3, -0.25) is 4.79 Å². The molecule has 0 saturated heterocycles. The van der Waals surface area contributed by atoms with E-state index in [0.717, 1.165) is 22.9 Å². The van der Waals surface area contributed by atoms with E-state index in [1.165, 1.54) is 0 Å². The van der Waals surface area contributed by atoms with Crippen LogP contribution in [0.15, 0.2) is 61.2 Å². The normalized spacial score (nSPS) is 10.5. The summed E-state index contributed by atoms with van der Waals surface area (Å²) in [6, 6.07) is 11.1. The topological polar surface area (TPSA) is 75.6 Å². The average Bonchev–Trinajstić information content (AvgIpc) is 2.50. The monoisotopic (exact) mass is 297 g/mol. The molecule has 0 fully saturated rings. The van der Waals surface area contributed by atoms with Crippen molar-refractivity contribution in [2.24, 2.45) is 0 Å². The number of hydrogen-bond acceptors (Lipinski definition) is 3. The smallest absolute Gasteiger partial charge is 0.328 e. The largest absolute Gasteiger partial charge is 0.490 e. The first-order valence-corrected chi connectivity index (χ1v) is 6.58. The predicted molar refractivity (Wildman–Crippen MR) is 85.0 cm³/mol. The van der Waals surface area contributed by atoms with E-state index >= 15 is 0 Å². The quantitative estimate of drug-likeness (QED) is 0.635. The zero-order valence-electron chi connectivity index (χ0n) is 11.8. The van der Waals surface area contributed by atoms with Crippen LogP contribution in [0.4, 0.5) is 5.69 Å². The second-order valence-corrected chi connectivity index (χ2v) is 4.48. The minimum absolute atomic E-state index is 0.419. The van der Waals surface area contributed by atoms with Crippen molar-refractivity contribution in [3.8, 4) is 5.75 Å². The summed E-state index contributed by atoms with van der Waals surface area (Å²) in [6.45, 7) is 4.01. The Morgan fingerprint density at radius 3 is 2.64 bits per heavy atom. The van der Waals surface area contributed by atoms with Gasteiger partial charge in [0.05, 0.1) is 0 Å². The molecule has 0 spiro atoms. The van der Waals surface area contributed by atoms with Gasteiger partial charge >= 0.3 is 5.97 Å². The van der Waals surface area contributed by atoms with Gasteiger partial charge in [0.1, 0.15) is 12.4 Å². The predicted octanol–water partition coefficient (Wildman–Crippen LogP) is 2.98. The van der Waals surface area contributed by atoms with E-state index in [9.17, 15) is 9.59 Å². The molecule has 0 aromatic heterocycles. The second-order valence-electron chi connectivity index (χ2n) is 4.48. The summed E-state index contributed by atoms with van der Waals surface area (Å²) in [6.07, 6.45) is 3.42. The van der Waals surface area contributed by atoms with Crippen molar-refractivity contribution in [2.75, 3.05) is 11.9 Å². The molecule has 0 heterocycles. The maximum absolute atomic E-state index is 11.6. The van der Waals surface area contributed by atoms with Crippen LogP contribution in [0.2, 0.25) is 0 Å². The lowest BCUT2D eigenvalue weighted by Gasteiger charge is -2.07. The lowest BCUT2D eigenvalue weighted by atomic mass is 10.1. The van der Waals surface area contributed by atoms with Gasteiger partial charge in [-0.05, 0) is 35.0 Å². The van der Waals surface area contributed by atoms with Crippen LogP contribution in [0.25, 0.3) is 10.8 Å². The molecule has 112 valence electrons. The first-order chi connectivity index (χ1) is 10.6. The van der Waals surface area contributed by atoms with E-state index in [1.54, 1.807) is 18.2 Å². The number of aliphatic carboxylic acids is 1. The number of hydrogen-bond donors (Lipinski definition) is 2. The van der Waals surface area contributed by atoms with Crippen molar-refractivity contribution in [2.45, 2.75) is 0 Å². The number of ether oxygens (including phenoxy) is 1. The Bertz CT molecular complexity index is 749. The third-order valence-corrected chi connectivity index (χ3v) is 2.82. The summed E-state index contributed by atoms with van der Waals surface area (Å²) in [5.41, 5.74) is 0.577. The van der Waals surface area contributed by atoms with Crippen LogP contribution in [-0.2, 0) is 9.59 Å². The van der Waals surface area contributed by atoms with Crippen LogP contribution in [0, 0.1) is 0 Å². The maximum Gasteiger partial charge on any atom is 0.328 e. The highest BCUT2D eigenvalue weighted by Gasteiger charge is 2.02. The molecular weight excluding hydrogens is 282 g/mol. The van der Waals surface area contributed by atoms with E-state index in [1.807, 2.05) is 24.3 Å². The summed E-state index contributed by atoms with van der Waals surface area (Å²) in [5, 5.41) is 13.0. The van der Waals surface area contributed by atoms with Crippen LogP contribution in [0.5, 0.6) is 5.75 Å². The standard InChI is InChI=1S/C17H15NO4/c1-2-9-22-15-6-4-12-3-5-14(10-13(12)11-15)18-16(19)7-8-17(20)21/h2-8,10-11H,1,9H2,(H,18,19)(H,20,21)/b8-7-. The molecular formula is C17H15NO4. The average molecular weight is 297 g/mol. The molecule has 5 nitrogen and oxygen atoms in total. The Hall–Kier alpha value is -3.08. The highest BCUT2D eigenvalue weighted by Crippen LogP contribution is 2.24. The maximum atomic E-state index is 11.6. The van der Waals surface area contributed by atoms with Crippen molar-refractivity contribution < 1.29 is 19.4 Å². The Morgan fingerprint density at radius 1 is 1.14 bits per heavy atom. The molecule has 2 rings (SSSR count). The molecule has 2 aromatic carbocycles. The van der Waals surface area contributed by atoms with Crippen molar-refractivity contribution in [1.29, 1.82) is 0 Å². The fraction of sp³-hybridized carbons (Fsp3) is 0.0588. The Kier molecular flexibility index (Phi) is 4.93. The van der Waals surface area contributed by atoms with Gasteiger partial charge < -0.3 is 15.2 Å². The van der Waals surface area contributed by atoms with Crippen LogP contribution < -0.4 is 10.1 Å². The molecule has 0 unspecified atom stereocenters. The number of nitrogens with one attached hydrogen (secondary N) is 1. The van der Waals surface area contributed by atoms with Gasteiger partial charge in [0.15, 0.2) is 0 Å². The van der Waals surface area contributed by atoms with Gasteiger partial charge in [0, 0.05) is 17.8 Å². The third-order valence-electron chi connectivity index (χ3n) is 2.82. The number of amides is 1. The summed E-state index contributed by atoms with van der Waals surface area (Å²) in [5.74, 6) is -0.958. The highest BCUT2D eigenvalue weighted by molar-refractivity contribution is 6.03. The number of rotatable bonds is 6. The van der Waals surface area contributed by atoms with Crippen molar-refractivity contribution >= 4 is 28.3 Å². The molecule has 2 N–H and O–H groups in total. The summed E-state index contributed by atoms with van der Waals surface area (Å²) in [7, 11) is 0. The number of benzene rings is 2. The van der Waals surface area contributed by atoms with Gasteiger partial charge in [-0.1, -0.05) is 24.8 Å². The molecule has 5 heteroatoms. The van der Waals surface area contributed by atoms with Crippen LogP contribution in [0.1, 0.15) is 0 Å². The zero-order valence-corrected chi connectivity index (χ0v) is 11.8. The molecule has 0 radical (unpaired) electrons. The van der Waals surface area contributed by atoms with Crippen molar-refractivity contribution in [3.63, 3.8) is 0 Å². The van der Waals surface area contributed by atoms with Gasteiger partial charge in [0.2, 0.25) is 5.91 Å². The van der Waals surface area contributed by atoms with E-state index < -0.39 is 11.9 Å². The Morgan fingerprint density at radius 2 is 1.91 bits per heavy atom. The van der Waals surface area contributed by atoms with Crippen LogP contribution in [0.3, 0.4) is 0 Å². The van der Waals surface area contributed by atoms with Gasteiger partial charge in [0.25, 0.3) is 0 Å². The summed E-state index contributed by atoms with van der Waals surface area (Å²) < 4.78 is 5.47. The van der Waals surface area contributed by atoms with Crippen LogP contribution >= 0.6 is 0 Å². The Balaban J connectivity index is 2.19. The van der Waals surface area contributed by atoms with Crippen molar-refractivity contribution in [1.82, 2.24) is 0 Å². The SMILES string of the molecule is C=CCOc1ccc2ccc(NC(=O)/C=C\C(=O)O)cc2c1.